The molecule has 15 nitrogen and oxygen atoms in total. The van der Waals surface area contributed by atoms with Crippen molar-refractivity contribution < 1.29 is 51.6 Å². The molecule has 0 spiro atoms. The first-order valence-electron chi connectivity index (χ1n) is 16.5. The van der Waals surface area contributed by atoms with Crippen LogP contribution in [0.15, 0.2) is 91.0 Å². The van der Waals surface area contributed by atoms with Crippen LogP contribution >= 0.6 is 0 Å². The van der Waals surface area contributed by atoms with Crippen LogP contribution in [0.4, 0.5) is 11.4 Å². The van der Waals surface area contributed by atoms with E-state index in [0.29, 0.717) is 24.0 Å². The third-order valence-corrected chi connectivity index (χ3v) is 12.1. The zero-order valence-electron chi connectivity index (χ0n) is 28.4. The molecule has 0 bridgehead atoms. The topological polar surface area (TPSA) is 223 Å². The first kappa shape index (κ1) is 37.6. The first-order chi connectivity index (χ1) is 25.2. The van der Waals surface area contributed by atoms with E-state index in [1.165, 1.54) is 31.4 Å². The lowest BCUT2D eigenvalue weighted by Crippen LogP contribution is -2.29. The number of aromatic hydroxyl groups is 2. The Kier molecular flexibility index (Phi) is 10.7. The normalized spacial score (nSPS) is 20.9. The van der Waals surface area contributed by atoms with Crippen LogP contribution in [-0.4, -0.2) is 75.4 Å². The lowest BCUT2D eigenvalue weighted by molar-refractivity contribution is -0.118. The minimum absolute atomic E-state index is 0.00332. The van der Waals surface area contributed by atoms with Crippen molar-refractivity contribution in [3.63, 3.8) is 0 Å². The molecule has 2 fully saturated rings. The van der Waals surface area contributed by atoms with E-state index >= 15 is 0 Å². The molecule has 1 aliphatic carbocycles. The molecule has 2 heterocycles. The number of nitrogens with zero attached hydrogens (tertiary/aromatic N) is 2. The van der Waals surface area contributed by atoms with Crippen molar-refractivity contribution in [2.24, 2.45) is 5.92 Å². The number of aliphatic hydroxyl groups excluding tert-OH is 2. The van der Waals surface area contributed by atoms with Crippen molar-refractivity contribution in [2.75, 3.05) is 28.8 Å². The number of methoxy groups -OCH3 is 1. The second-order valence-corrected chi connectivity index (χ2v) is 16.1. The summed E-state index contributed by atoms with van der Waals surface area (Å²) in [6.45, 7) is -0.742. The lowest BCUT2D eigenvalue weighted by Gasteiger charge is -2.23. The Morgan fingerprint density at radius 2 is 1.30 bits per heavy atom. The number of aliphatic hydroxyl groups is 2. The van der Waals surface area contributed by atoms with Crippen LogP contribution in [0.3, 0.4) is 0 Å². The number of ether oxygens (including phenoxy) is 1. The van der Waals surface area contributed by atoms with Gasteiger partial charge in [0.2, 0.25) is 0 Å². The van der Waals surface area contributed by atoms with Gasteiger partial charge in [-0.1, -0.05) is 66.7 Å². The molecule has 0 radical (unpaired) electrons. The summed E-state index contributed by atoms with van der Waals surface area (Å²) in [6, 6.07) is 26.0. The Balaban J connectivity index is 0.000000181. The van der Waals surface area contributed by atoms with Crippen molar-refractivity contribution in [3.05, 3.63) is 119 Å². The van der Waals surface area contributed by atoms with Gasteiger partial charge in [0.05, 0.1) is 23.6 Å². The number of carbonyl (C=O) groups is 2. The molecule has 53 heavy (non-hydrogen) atoms. The standard InChI is InChI=1S/C18H20N2O6S.C18H18N2O5S/c1-26-16(18(23)13-5-3-2-4-6-13)10-12-7-8-14(15(21)9-12)20-11-17(22)19-27(20,24)25;21-16-8-11(5-6-15(16)20-10-17(22)19-26(20,24)25)7-13-9-12-3-1-2-4-14(12)18(13)23/h2-9,16,18,21,23H,10-11H2,1H3,(H,19,22);1-6,8,13,18,21,23H,7,9-10H2,(H,19,22). The first-order valence-corrected chi connectivity index (χ1v) is 19.4. The molecule has 7 rings (SSSR count). The molecule has 2 aliphatic heterocycles. The summed E-state index contributed by atoms with van der Waals surface area (Å²) in [7, 11) is -6.47. The molecule has 4 unspecified atom stereocenters. The third-order valence-electron chi connectivity index (χ3n) is 9.29. The highest BCUT2D eigenvalue weighted by Gasteiger charge is 2.37. The van der Waals surface area contributed by atoms with Gasteiger partial charge in [-0.05, 0) is 70.8 Å². The number of benzene rings is 4. The van der Waals surface area contributed by atoms with Crippen LogP contribution < -0.4 is 18.1 Å². The molecule has 0 saturated carbocycles. The number of rotatable bonds is 9. The van der Waals surface area contributed by atoms with Crippen molar-refractivity contribution >= 4 is 43.6 Å². The fourth-order valence-corrected chi connectivity index (χ4v) is 9.03. The predicted molar refractivity (Wildman–Crippen MR) is 193 cm³/mol. The van der Waals surface area contributed by atoms with Crippen LogP contribution in [0.25, 0.3) is 0 Å². The van der Waals surface area contributed by atoms with E-state index in [2.05, 4.69) is 0 Å². The van der Waals surface area contributed by atoms with Gasteiger partial charge in [0.15, 0.2) is 0 Å². The Hall–Kier alpha value is -5.20. The van der Waals surface area contributed by atoms with E-state index in [1.54, 1.807) is 24.3 Å². The van der Waals surface area contributed by atoms with Crippen LogP contribution in [0, 0.1) is 5.92 Å². The van der Waals surface area contributed by atoms with Crippen LogP contribution in [-0.2, 0) is 54.0 Å². The number of phenols is 2. The van der Waals surface area contributed by atoms with Crippen molar-refractivity contribution in [1.29, 1.82) is 0 Å². The monoisotopic (exact) mass is 766 g/mol. The van der Waals surface area contributed by atoms with Gasteiger partial charge >= 0.3 is 20.4 Å². The number of nitrogens with one attached hydrogen (secondary N) is 2. The largest absolute Gasteiger partial charge is 0.506 e. The molecule has 2 saturated heterocycles. The highest BCUT2D eigenvalue weighted by molar-refractivity contribution is 7.92. The van der Waals surface area contributed by atoms with E-state index in [9.17, 15) is 46.9 Å². The fourth-order valence-electron chi connectivity index (χ4n) is 6.70. The number of hydrogen-bond donors (Lipinski definition) is 6. The van der Waals surface area contributed by atoms with Crippen LogP contribution in [0.2, 0.25) is 0 Å². The van der Waals surface area contributed by atoms with Crippen molar-refractivity contribution in [2.45, 2.75) is 37.6 Å². The average Bonchev–Trinajstić information content (AvgIpc) is 3.69. The summed E-state index contributed by atoms with van der Waals surface area (Å²) in [5.41, 5.74) is 4.27. The van der Waals surface area contributed by atoms with E-state index in [1.807, 2.05) is 51.9 Å². The van der Waals surface area contributed by atoms with Crippen molar-refractivity contribution in [1.82, 2.24) is 9.44 Å². The molecule has 4 atom stereocenters. The summed E-state index contributed by atoms with van der Waals surface area (Å²) in [5.74, 6) is -1.80. The highest BCUT2D eigenvalue weighted by Crippen LogP contribution is 2.39. The zero-order chi connectivity index (χ0) is 38.1. The zero-order valence-corrected chi connectivity index (χ0v) is 30.0. The summed E-state index contributed by atoms with van der Waals surface area (Å²) in [4.78, 5) is 22.7. The van der Waals surface area contributed by atoms with Gasteiger partial charge in [0.1, 0.15) is 30.7 Å². The highest BCUT2D eigenvalue weighted by atomic mass is 32.2. The molecule has 280 valence electrons. The number of hydrogen-bond acceptors (Lipinski definition) is 11. The maximum absolute atomic E-state index is 11.9. The number of phenolic OH excluding ortho intramolecular Hbond substituents is 2. The summed E-state index contributed by atoms with van der Waals surface area (Å²) < 4.78 is 58.4. The van der Waals surface area contributed by atoms with Crippen LogP contribution in [0.5, 0.6) is 11.5 Å². The van der Waals surface area contributed by atoms with Gasteiger partial charge < -0.3 is 25.2 Å². The number of carbonyl (C=O) groups excluding carboxylic acids is 2. The van der Waals surface area contributed by atoms with Gasteiger partial charge in [-0.2, -0.15) is 16.8 Å². The van der Waals surface area contributed by atoms with Gasteiger partial charge in [0, 0.05) is 13.5 Å². The quantitative estimate of drug-likeness (QED) is 0.144. The number of fused-ring (bicyclic) bond motifs is 1. The maximum Gasteiger partial charge on any atom is 0.326 e. The molecule has 4 aromatic rings. The second-order valence-electron chi connectivity index (χ2n) is 12.9. The number of amides is 2. The Labute approximate surface area is 306 Å². The molecule has 6 N–H and O–H groups in total. The minimum atomic E-state index is -3.99. The molecule has 0 aromatic heterocycles. The van der Waals surface area contributed by atoms with E-state index in [-0.39, 0.29) is 41.9 Å². The molecular formula is C36H38N4O11S2. The number of anilines is 2. The smallest absolute Gasteiger partial charge is 0.326 e. The summed E-state index contributed by atoms with van der Waals surface area (Å²) in [5, 5.41) is 41.6. The van der Waals surface area contributed by atoms with Gasteiger partial charge in [0.25, 0.3) is 11.8 Å². The third kappa shape index (κ3) is 8.08. The molecule has 17 heteroatoms. The Morgan fingerprint density at radius 3 is 1.81 bits per heavy atom. The van der Waals surface area contributed by atoms with Crippen molar-refractivity contribution in [3.8, 4) is 11.5 Å². The molecular weight excluding hydrogens is 729 g/mol. The lowest BCUT2D eigenvalue weighted by atomic mass is 9.94. The molecule has 2 amide bonds. The average molecular weight is 767 g/mol. The fraction of sp³-hybridized carbons (Fsp3) is 0.278. The maximum atomic E-state index is 11.9. The van der Waals surface area contributed by atoms with E-state index in [0.717, 1.165) is 31.7 Å². The van der Waals surface area contributed by atoms with E-state index < -0.39 is 50.5 Å². The van der Waals surface area contributed by atoms with Gasteiger partial charge in [-0.3, -0.25) is 9.59 Å². The molecule has 3 aliphatic rings. The minimum Gasteiger partial charge on any atom is -0.506 e. The summed E-state index contributed by atoms with van der Waals surface area (Å²) >= 11 is 0. The van der Waals surface area contributed by atoms with Gasteiger partial charge in [-0.15, -0.1) is 0 Å². The van der Waals surface area contributed by atoms with Gasteiger partial charge in [-0.25, -0.2) is 18.1 Å². The van der Waals surface area contributed by atoms with E-state index in [4.69, 9.17) is 4.74 Å². The Bertz CT molecular complexity index is 2240. The second kappa shape index (κ2) is 15.0. The molecule has 4 aromatic carbocycles. The SMILES string of the molecule is COC(Cc1ccc(N2CC(=O)NS2(=O)=O)c(O)c1)C(O)c1ccccc1.O=C1CN(c2ccc(CC3Cc4ccccc4C3O)cc2O)S(=O)(=O)N1. The Morgan fingerprint density at radius 1 is 0.774 bits per heavy atom. The summed E-state index contributed by atoms with van der Waals surface area (Å²) in [6.07, 6.45) is -0.388. The predicted octanol–water partition coefficient (Wildman–Crippen LogP) is 1.89. The van der Waals surface area contributed by atoms with Crippen LogP contribution in [0.1, 0.15) is 40.0 Å².